The van der Waals surface area contributed by atoms with Crippen molar-refractivity contribution < 1.29 is 4.52 Å². The number of aromatic nitrogens is 1. The molecule has 0 aliphatic carbocycles. The molecule has 2 aromatic rings. The van der Waals surface area contributed by atoms with E-state index in [9.17, 15) is 0 Å². The monoisotopic (exact) mass is 402 g/mol. The van der Waals surface area contributed by atoms with Crippen LogP contribution in [-0.4, -0.2) is 78.2 Å². The smallest absolute Gasteiger partial charge is 0.193 e. The van der Waals surface area contributed by atoms with Crippen LogP contribution >= 0.6 is 11.3 Å². The molecule has 0 spiro atoms. The van der Waals surface area contributed by atoms with E-state index in [1.54, 1.807) is 11.1 Å². The van der Waals surface area contributed by atoms with Crippen molar-refractivity contribution in [2.75, 3.05) is 46.3 Å². The molecule has 0 amide bonds. The SMILES string of the molecule is CN=C(NCC(C)N1CCc2sccc2C1)N1CCN(Cc2ccon2)CC1. The van der Waals surface area contributed by atoms with E-state index in [0.717, 1.165) is 64.0 Å². The Kier molecular flexibility index (Phi) is 6.29. The highest BCUT2D eigenvalue weighted by Crippen LogP contribution is 2.25. The second-order valence-corrected chi connectivity index (χ2v) is 8.62. The number of rotatable bonds is 5. The summed E-state index contributed by atoms with van der Waals surface area (Å²) in [7, 11) is 1.88. The first-order valence-corrected chi connectivity index (χ1v) is 11.0. The lowest BCUT2D eigenvalue weighted by Gasteiger charge is -2.37. The number of nitrogens with one attached hydrogen (secondary N) is 1. The lowest BCUT2D eigenvalue weighted by molar-refractivity contribution is 0.165. The van der Waals surface area contributed by atoms with Crippen LogP contribution in [-0.2, 0) is 19.5 Å². The van der Waals surface area contributed by atoms with Crippen LogP contribution < -0.4 is 5.32 Å². The summed E-state index contributed by atoms with van der Waals surface area (Å²) < 4.78 is 4.93. The van der Waals surface area contributed by atoms with Crippen molar-refractivity contribution in [3.05, 3.63) is 39.9 Å². The van der Waals surface area contributed by atoms with Gasteiger partial charge in [-0.25, -0.2) is 0 Å². The topological polar surface area (TPSA) is 60.1 Å². The van der Waals surface area contributed by atoms with E-state index < -0.39 is 0 Å². The molecule has 7 nitrogen and oxygen atoms in total. The van der Waals surface area contributed by atoms with Crippen molar-refractivity contribution in [3.8, 4) is 0 Å². The average molecular weight is 403 g/mol. The summed E-state index contributed by atoms with van der Waals surface area (Å²) in [6.07, 6.45) is 2.82. The molecule has 0 radical (unpaired) electrons. The Balaban J connectivity index is 1.23. The third-order valence-corrected chi connectivity index (χ3v) is 6.80. The van der Waals surface area contributed by atoms with Crippen LogP contribution in [0.3, 0.4) is 0 Å². The molecule has 1 fully saturated rings. The molecule has 4 rings (SSSR count). The molecule has 1 N–H and O–H groups in total. The lowest BCUT2D eigenvalue weighted by Crippen LogP contribution is -2.54. The van der Waals surface area contributed by atoms with Gasteiger partial charge in [-0.15, -0.1) is 11.3 Å². The second kappa shape index (κ2) is 9.07. The zero-order valence-corrected chi connectivity index (χ0v) is 17.6. The summed E-state index contributed by atoms with van der Waals surface area (Å²) in [5, 5.41) is 9.84. The normalized spacial score (nSPS) is 20.2. The molecule has 0 aromatic carbocycles. The van der Waals surface area contributed by atoms with E-state index in [2.05, 4.69) is 48.5 Å². The number of hydrogen-bond donors (Lipinski definition) is 1. The lowest BCUT2D eigenvalue weighted by atomic mass is 10.1. The predicted molar refractivity (Wildman–Crippen MR) is 113 cm³/mol. The van der Waals surface area contributed by atoms with E-state index in [4.69, 9.17) is 4.52 Å². The fourth-order valence-electron chi connectivity index (χ4n) is 4.01. The van der Waals surface area contributed by atoms with Gasteiger partial charge in [0.2, 0.25) is 0 Å². The minimum Gasteiger partial charge on any atom is -0.364 e. The summed E-state index contributed by atoms with van der Waals surface area (Å²) in [6.45, 7) is 10.3. The van der Waals surface area contributed by atoms with E-state index in [-0.39, 0.29) is 0 Å². The quantitative estimate of drug-likeness (QED) is 0.609. The molecule has 1 unspecified atom stereocenters. The van der Waals surface area contributed by atoms with Gasteiger partial charge in [0, 0.05) is 76.4 Å². The van der Waals surface area contributed by atoms with Gasteiger partial charge in [-0.1, -0.05) is 5.16 Å². The first-order chi connectivity index (χ1) is 13.7. The van der Waals surface area contributed by atoms with Crippen molar-refractivity contribution >= 4 is 17.3 Å². The summed E-state index contributed by atoms with van der Waals surface area (Å²) in [6, 6.07) is 4.70. The van der Waals surface area contributed by atoms with E-state index in [0.29, 0.717) is 6.04 Å². The summed E-state index contributed by atoms with van der Waals surface area (Å²) >= 11 is 1.90. The maximum atomic E-state index is 4.93. The van der Waals surface area contributed by atoms with Crippen LogP contribution in [0.25, 0.3) is 0 Å². The van der Waals surface area contributed by atoms with Crippen LogP contribution in [0.4, 0.5) is 0 Å². The molecule has 8 heteroatoms. The van der Waals surface area contributed by atoms with Crippen LogP contribution in [0, 0.1) is 0 Å². The second-order valence-electron chi connectivity index (χ2n) is 7.62. The van der Waals surface area contributed by atoms with Gasteiger partial charge in [-0.05, 0) is 30.4 Å². The third kappa shape index (κ3) is 4.56. The molecule has 2 aliphatic rings. The standard InChI is InChI=1S/C20H30N6OS/c1-16(26-6-3-19-17(14-26)5-12-28-19)13-22-20(21-2)25-9-7-24(8-10-25)15-18-4-11-27-23-18/h4-5,11-12,16H,3,6-10,13-15H2,1-2H3,(H,21,22). The van der Waals surface area contributed by atoms with Crippen LogP contribution in [0.5, 0.6) is 0 Å². The van der Waals surface area contributed by atoms with Gasteiger partial charge < -0.3 is 14.7 Å². The Morgan fingerprint density at radius 3 is 2.89 bits per heavy atom. The molecule has 1 saturated heterocycles. The van der Waals surface area contributed by atoms with E-state index in [1.807, 2.05) is 24.5 Å². The van der Waals surface area contributed by atoms with Crippen molar-refractivity contribution in [2.45, 2.75) is 32.5 Å². The maximum absolute atomic E-state index is 4.93. The Morgan fingerprint density at radius 2 is 2.14 bits per heavy atom. The molecule has 4 heterocycles. The maximum Gasteiger partial charge on any atom is 0.193 e. The first kappa shape index (κ1) is 19.4. The van der Waals surface area contributed by atoms with Crippen molar-refractivity contribution in [2.24, 2.45) is 4.99 Å². The van der Waals surface area contributed by atoms with Crippen molar-refractivity contribution in [3.63, 3.8) is 0 Å². The molecule has 0 bridgehead atoms. The van der Waals surface area contributed by atoms with Gasteiger partial charge in [0.25, 0.3) is 0 Å². The number of hydrogen-bond acceptors (Lipinski definition) is 6. The Morgan fingerprint density at radius 1 is 1.29 bits per heavy atom. The van der Waals surface area contributed by atoms with Gasteiger partial charge in [-0.2, -0.15) is 0 Å². The average Bonchev–Trinajstić information content (AvgIpc) is 3.40. The van der Waals surface area contributed by atoms with Gasteiger partial charge in [0.05, 0.1) is 5.69 Å². The highest BCUT2D eigenvalue weighted by molar-refractivity contribution is 7.10. The number of aliphatic imine (C=N–C) groups is 1. The molecular weight excluding hydrogens is 372 g/mol. The summed E-state index contributed by atoms with van der Waals surface area (Å²) in [4.78, 5) is 13.4. The molecule has 2 aliphatic heterocycles. The van der Waals surface area contributed by atoms with Crippen LogP contribution in [0.15, 0.2) is 33.3 Å². The van der Waals surface area contributed by atoms with Gasteiger partial charge in [0.15, 0.2) is 5.96 Å². The highest BCUT2D eigenvalue weighted by Gasteiger charge is 2.23. The van der Waals surface area contributed by atoms with E-state index in [1.165, 1.54) is 12.0 Å². The van der Waals surface area contributed by atoms with E-state index >= 15 is 0 Å². The minimum absolute atomic E-state index is 0.484. The summed E-state index contributed by atoms with van der Waals surface area (Å²) in [5.74, 6) is 1.01. The fourth-order valence-corrected chi connectivity index (χ4v) is 4.90. The molecular formula is C20H30N6OS. The fraction of sp³-hybridized carbons (Fsp3) is 0.600. The zero-order valence-electron chi connectivity index (χ0n) is 16.8. The largest absolute Gasteiger partial charge is 0.364 e. The number of nitrogens with zero attached hydrogens (tertiary/aromatic N) is 5. The van der Waals surface area contributed by atoms with Crippen molar-refractivity contribution in [1.29, 1.82) is 0 Å². The number of piperazine rings is 1. The number of guanidine groups is 1. The first-order valence-electron chi connectivity index (χ1n) is 10.1. The van der Waals surface area contributed by atoms with Crippen LogP contribution in [0.1, 0.15) is 23.1 Å². The molecule has 1 atom stereocenters. The third-order valence-electron chi connectivity index (χ3n) is 5.78. The van der Waals surface area contributed by atoms with Crippen LogP contribution in [0.2, 0.25) is 0 Å². The van der Waals surface area contributed by atoms with Gasteiger partial charge >= 0.3 is 0 Å². The molecule has 28 heavy (non-hydrogen) atoms. The molecule has 0 saturated carbocycles. The Labute approximate surface area is 171 Å². The number of thiophene rings is 1. The Bertz CT molecular complexity index is 766. The van der Waals surface area contributed by atoms with Gasteiger partial charge in [-0.3, -0.25) is 14.8 Å². The zero-order chi connectivity index (χ0) is 19.3. The molecule has 2 aromatic heterocycles. The van der Waals surface area contributed by atoms with Gasteiger partial charge in [0.1, 0.15) is 6.26 Å². The minimum atomic E-state index is 0.484. The van der Waals surface area contributed by atoms with Crippen molar-refractivity contribution in [1.82, 2.24) is 25.2 Å². The molecule has 152 valence electrons. The Hall–Kier alpha value is -1.90. The number of fused-ring (bicyclic) bond motifs is 1. The highest BCUT2D eigenvalue weighted by atomic mass is 32.1. The summed E-state index contributed by atoms with van der Waals surface area (Å²) in [5.41, 5.74) is 2.51. The predicted octanol–water partition coefficient (Wildman–Crippen LogP) is 1.88.